The van der Waals surface area contributed by atoms with Gasteiger partial charge in [0.05, 0.1) is 18.4 Å². The molecule has 2 aromatic heterocycles. The third kappa shape index (κ3) is 2.83. The number of nitrogens with two attached hydrogens (primary N) is 1. The Morgan fingerprint density at radius 3 is 2.92 bits per heavy atom. The van der Waals surface area contributed by atoms with Gasteiger partial charge in [0, 0.05) is 12.5 Å². The van der Waals surface area contributed by atoms with Gasteiger partial charge in [0.15, 0.2) is 5.65 Å². The van der Waals surface area contributed by atoms with Crippen LogP contribution in [0.15, 0.2) is 11.0 Å². The largest absolute Gasteiger partial charge is 0.390 e. The van der Waals surface area contributed by atoms with E-state index in [1.54, 1.807) is 15.3 Å². The number of ether oxygens (including phenoxy) is 1. The summed E-state index contributed by atoms with van der Waals surface area (Å²) in [6, 6.07) is 0. The number of hydrogen-bond acceptors (Lipinski definition) is 6. The zero-order valence-corrected chi connectivity index (χ0v) is 14.6. The highest BCUT2D eigenvalue weighted by Gasteiger charge is 2.39. The summed E-state index contributed by atoms with van der Waals surface area (Å²) in [6.45, 7) is 4.64. The van der Waals surface area contributed by atoms with Crippen molar-refractivity contribution in [3.05, 3.63) is 16.7 Å². The van der Waals surface area contributed by atoms with Crippen molar-refractivity contribution in [2.45, 2.75) is 64.5 Å². The molecule has 0 radical (unpaired) electrons. The van der Waals surface area contributed by atoms with Gasteiger partial charge in [0.2, 0.25) is 5.95 Å². The van der Waals surface area contributed by atoms with Gasteiger partial charge in [0.25, 0.3) is 0 Å². The van der Waals surface area contributed by atoms with Gasteiger partial charge in [-0.1, -0.05) is 13.8 Å². The lowest BCUT2D eigenvalue weighted by molar-refractivity contribution is -0.0651. The molecule has 0 spiro atoms. The van der Waals surface area contributed by atoms with E-state index >= 15 is 0 Å². The van der Waals surface area contributed by atoms with Gasteiger partial charge in [0.1, 0.15) is 11.7 Å². The Morgan fingerprint density at radius 1 is 1.48 bits per heavy atom. The van der Waals surface area contributed by atoms with E-state index in [1.165, 1.54) is 0 Å². The topological polar surface area (TPSA) is 108 Å². The first-order valence-electron chi connectivity index (χ1n) is 9.06. The molecule has 25 heavy (non-hydrogen) atoms. The van der Waals surface area contributed by atoms with Crippen molar-refractivity contribution < 1.29 is 9.84 Å². The molecule has 0 bridgehead atoms. The van der Waals surface area contributed by atoms with E-state index in [0.717, 1.165) is 12.8 Å². The maximum absolute atomic E-state index is 13.1. The van der Waals surface area contributed by atoms with Gasteiger partial charge in [-0.05, 0) is 31.6 Å². The van der Waals surface area contributed by atoms with E-state index < -0.39 is 12.3 Å². The number of fused-ring (bicyclic) bond motifs is 1. The highest BCUT2D eigenvalue weighted by molar-refractivity contribution is 5.71. The highest BCUT2D eigenvalue weighted by atomic mass is 16.5. The van der Waals surface area contributed by atoms with E-state index in [-0.39, 0.29) is 23.7 Å². The molecule has 4 atom stereocenters. The Kier molecular flexibility index (Phi) is 4.04. The summed E-state index contributed by atoms with van der Waals surface area (Å²) in [5.41, 5.74) is 6.85. The number of anilines is 1. The van der Waals surface area contributed by atoms with Gasteiger partial charge >= 0.3 is 5.69 Å². The molecule has 4 rings (SSSR count). The van der Waals surface area contributed by atoms with Crippen molar-refractivity contribution in [1.29, 1.82) is 0 Å². The average Bonchev–Trinajstić information content (AvgIpc) is 3.28. The van der Waals surface area contributed by atoms with Crippen LogP contribution in [0.25, 0.3) is 11.2 Å². The van der Waals surface area contributed by atoms with Crippen LogP contribution in [-0.2, 0) is 11.3 Å². The predicted molar refractivity (Wildman–Crippen MR) is 92.9 cm³/mol. The Morgan fingerprint density at radius 2 is 2.24 bits per heavy atom. The minimum atomic E-state index is -0.525. The number of aromatic nitrogens is 4. The Bertz CT molecular complexity index is 841. The zero-order valence-electron chi connectivity index (χ0n) is 14.6. The van der Waals surface area contributed by atoms with Crippen LogP contribution >= 0.6 is 0 Å². The van der Waals surface area contributed by atoms with Crippen LogP contribution < -0.4 is 11.4 Å². The SMILES string of the molecule is CC[C@H](O)[C@@H]1C[C@@H](C)[C@H](n2c(=O)n(CC3CC3)c3cnc(N)nc32)O1. The second-order valence-electron chi connectivity index (χ2n) is 7.40. The fourth-order valence-electron chi connectivity index (χ4n) is 3.71. The molecule has 1 aliphatic carbocycles. The van der Waals surface area contributed by atoms with Crippen LogP contribution in [0.1, 0.15) is 45.8 Å². The fraction of sp³-hybridized carbons (Fsp3) is 0.706. The minimum Gasteiger partial charge on any atom is -0.390 e. The van der Waals surface area contributed by atoms with Crippen LogP contribution in [0.4, 0.5) is 5.95 Å². The lowest BCUT2D eigenvalue weighted by Crippen LogP contribution is -2.31. The quantitative estimate of drug-likeness (QED) is 0.843. The maximum Gasteiger partial charge on any atom is 0.332 e. The van der Waals surface area contributed by atoms with Crippen molar-refractivity contribution in [3.63, 3.8) is 0 Å². The maximum atomic E-state index is 13.1. The van der Waals surface area contributed by atoms with Gasteiger partial charge < -0.3 is 15.6 Å². The van der Waals surface area contributed by atoms with Crippen LogP contribution in [-0.4, -0.2) is 36.4 Å². The lowest BCUT2D eigenvalue weighted by atomic mass is 10.0. The number of aliphatic hydroxyl groups is 1. The summed E-state index contributed by atoms with van der Waals surface area (Å²) in [5.74, 6) is 0.784. The summed E-state index contributed by atoms with van der Waals surface area (Å²) in [6.07, 6.45) is 4.01. The summed E-state index contributed by atoms with van der Waals surface area (Å²) in [4.78, 5) is 21.5. The molecule has 3 N–H and O–H groups in total. The summed E-state index contributed by atoms with van der Waals surface area (Å²) >= 11 is 0. The molecule has 0 aromatic carbocycles. The van der Waals surface area contributed by atoms with E-state index in [9.17, 15) is 9.90 Å². The van der Waals surface area contributed by atoms with Crippen molar-refractivity contribution in [2.75, 3.05) is 5.73 Å². The predicted octanol–water partition coefficient (Wildman–Crippen LogP) is 1.28. The molecular weight excluding hydrogens is 322 g/mol. The molecule has 8 nitrogen and oxygen atoms in total. The first kappa shape index (κ1) is 16.5. The molecule has 2 aromatic rings. The van der Waals surface area contributed by atoms with E-state index in [4.69, 9.17) is 10.5 Å². The van der Waals surface area contributed by atoms with Crippen LogP contribution in [0, 0.1) is 11.8 Å². The zero-order chi connectivity index (χ0) is 17.7. The van der Waals surface area contributed by atoms with Crippen LogP contribution in [0.3, 0.4) is 0 Å². The number of nitrogen functional groups attached to an aromatic ring is 1. The van der Waals surface area contributed by atoms with Gasteiger partial charge in [-0.3, -0.25) is 4.57 Å². The van der Waals surface area contributed by atoms with Crippen molar-refractivity contribution in [2.24, 2.45) is 11.8 Å². The second kappa shape index (κ2) is 6.10. The molecule has 2 fully saturated rings. The smallest absolute Gasteiger partial charge is 0.332 e. The molecule has 1 saturated heterocycles. The Balaban J connectivity index is 1.79. The van der Waals surface area contributed by atoms with E-state index in [0.29, 0.717) is 36.5 Å². The first-order chi connectivity index (χ1) is 12.0. The average molecular weight is 347 g/mol. The standard InChI is InChI=1S/C17H25N5O3/c1-3-12(23)13-6-9(2)15(25-13)22-14-11(7-19-16(18)20-14)21(17(22)24)8-10-4-5-10/h7,9-10,12-13,15,23H,3-6,8H2,1-2H3,(H2,18,19,20)/t9-,12+,13+,15-/m1/s1. The number of rotatable bonds is 5. The van der Waals surface area contributed by atoms with Crippen LogP contribution in [0.5, 0.6) is 0 Å². The van der Waals surface area contributed by atoms with E-state index in [1.807, 2.05) is 13.8 Å². The molecule has 2 aliphatic rings. The van der Waals surface area contributed by atoms with Crippen molar-refractivity contribution in [1.82, 2.24) is 19.1 Å². The molecule has 3 heterocycles. The van der Waals surface area contributed by atoms with Gasteiger partial charge in [-0.2, -0.15) is 4.98 Å². The molecule has 1 aliphatic heterocycles. The lowest BCUT2D eigenvalue weighted by Gasteiger charge is -2.19. The third-order valence-corrected chi connectivity index (χ3v) is 5.37. The first-order valence-corrected chi connectivity index (χ1v) is 9.06. The minimum absolute atomic E-state index is 0.0973. The second-order valence-corrected chi connectivity index (χ2v) is 7.40. The molecule has 8 heteroatoms. The van der Waals surface area contributed by atoms with E-state index in [2.05, 4.69) is 9.97 Å². The summed E-state index contributed by atoms with van der Waals surface area (Å²) in [7, 11) is 0. The highest BCUT2D eigenvalue weighted by Crippen LogP contribution is 2.37. The number of hydrogen-bond donors (Lipinski definition) is 2. The summed E-state index contributed by atoms with van der Waals surface area (Å²) < 4.78 is 9.42. The van der Waals surface area contributed by atoms with Crippen LogP contribution in [0.2, 0.25) is 0 Å². The van der Waals surface area contributed by atoms with Gasteiger partial charge in [-0.25, -0.2) is 14.3 Å². The summed E-state index contributed by atoms with van der Waals surface area (Å²) in [5, 5.41) is 10.1. The Labute approximate surface area is 145 Å². The molecule has 0 amide bonds. The molecule has 136 valence electrons. The number of nitrogens with zero attached hydrogens (tertiary/aromatic N) is 4. The monoisotopic (exact) mass is 347 g/mol. The Hall–Kier alpha value is -1.93. The molecule has 0 unspecified atom stereocenters. The van der Waals surface area contributed by atoms with Gasteiger partial charge in [-0.15, -0.1) is 0 Å². The normalized spacial score (nSPS) is 27.9. The molecule has 1 saturated carbocycles. The number of imidazole rings is 1. The fourth-order valence-corrected chi connectivity index (χ4v) is 3.71. The molecular formula is C17H25N5O3. The third-order valence-electron chi connectivity index (χ3n) is 5.37. The number of aliphatic hydroxyl groups excluding tert-OH is 1. The van der Waals surface area contributed by atoms with Crippen molar-refractivity contribution >= 4 is 17.1 Å². The van der Waals surface area contributed by atoms with Crippen molar-refractivity contribution in [3.8, 4) is 0 Å².